The maximum atomic E-state index is 12.4. The third-order valence-electron chi connectivity index (χ3n) is 4.84. The number of carboxylic acid groups (broad SMARTS) is 2. The zero-order valence-electron chi connectivity index (χ0n) is 16.0. The summed E-state index contributed by atoms with van der Waals surface area (Å²) >= 11 is 0. The SMILES string of the molecule is CCC(C)C(N)C(=O)NCC(=O)N1CCCC1C(=O)NC(CC(=O)O)C(=O)O. The number of carboxylic acids is 2. The van der Waals surface area contributed by atoms with E-state index in [0.717, 1.165) is 0 Å². The molecule has 1 fully saturated rings. The van der Waals surface area contributed by atoms with E-state index >= 15 is 0 Å². The first-order valence-electron chi connectivity index (χ1n) is 9.16. The molecule has 11 heteroatoms. The molecular formula is C17H28N4O7. The molecule has 0 bridgehead atoms. The van der Waals surface area contributed by atoms with Gasteiger partial charge in [0.25, 0.3) is 0 Å². The van der Waals surface area contributed by atoms with Gasteiger partial charge in [-0.2, -0.15) is 0 Å². The fourth-order valence-electron chi connectivity index (χ4n) is 2.87. The Morgan fingerprint density at radius 3 is 2.39 bits per heavy atom. The first kappa shape index (κ1) is 23.3. The van der Waals surface area contributed by atoms with Gasteiger partial charge in [0.1, 0.15) is 12.1 Å². The Hall–Kier alpha value is -2.69. The number of rotatable bonds is 10. The zero-order valence-corrected chi connectivity index (χ0v) is 16.0. The predicted molar refractivity (Wildman–Crippen MR) is 97.0 cm³/mol. The number of hydrogen-bond acceptors (Lipinski definition) is 6. The molecule has 1 saturated heterocycles. The second kappa shape index (κ2) is 10.6. The maximum Gasteiger partial charge on any atom is 0.326 e. The van der Waals surface area contributed by atoms with E-state index < -0.39 is 54.2 Å². The fourth-order valence-corrected chi connectivity index (χ4v) is 2.87. The van der Waals surface area contributed by atoms with E-state index in [1.165, 1.54) is 4.90 Å². The summed E-state index contributed by atoms with van der Waals surface area (Å²) in [5, 5.41) is 22.4. The van der Waals surface area contributed by atoms with Crippen LogP contribution >= 0.6 is 0 Å². The number of amides is 3. The van der Waals surface area contributed by atoms with Gasteiger partial charge in [-0.1, -0.05) is 20.3 Å². The summed E-state index contributed by atoms with van der Waals surface area (Å²) in [5.41, 5.74) is 5.80. The Morgan fingerprint density at radius 1 is 1.21 bits per heavy atom. The summed E-state index contributed by atoms with van der Waals surface area (Å²) in [6.07, 6.45) is 0.779. The van der Waals surface area contributed by atoms with Crippen molar-refractivity contribution in [2.45, 2.75) is 57.7 Å². The highest BCUT2D eigenvalue weighted by Crippen LogP contribution is 2.18. The van der Waals surface area contributed by atoms with Gasteiger partial charge in [-0.3, -0.25) is 19.2 Å². The molecule has 6 N–H and O–H groups in total. The monoisotopic (exact) mass is 400 g/mol. The lowest BCUT2D eigenvalue weighted by Gasteiger charge is -2.26. The second-order valence-electron chi connectivity index (χ2n) is 6.87. The van der Waals surface area contributed by atoms with Gasteiger partial charge in [0.15, 0.2) is 0 Å². The number of nitrogens with two attached hydrogens (primary N) is 1. The van der Waals surface area contributed by atoms with Crippen LogP contribution in [0.1, 0.15) is 39.5 Å². The van der Waals surface area contributed by atoms with E-state index in [9.17, 15) is 24.0 Å². The van der Waals surface area contributed by atoms with Crippen molar-refractivity contribution in [3.63, 3.8) is 0 Å². The highest BCUT2D eigenvalue weighted by molar-refractivity contribution is 5.93. The molecule has 0 saturated carbocycles. The van der Waals surface area contributed by atoms with Gasteiger partial charge >= 0.3 is 11.9 Å². The molecular weight excluding hydrogens is 372 g/mol. The molecule has 1 aliphatic rings. The molecule has 4 unspecified atom stereocenters. The number of carbonyl (C=O) groups is 5. The van der Waals surface area contributed by atoms with Crippen LogP contribution in [-0.2, 0) is 24.0 Å². The smallest absolute Gasteiger partial charge is 0.326 e. The molecule has 1 heterocycles. The largest absolute Gasteiger partial charge is 0.481 e. The quantitative estimate of drug-likeness (QED) is 0.294. The van der Waals surface area contributed by atoms with Crippen LogP contribution < -0.4 is 16.4 Å². The van der Waals surface area contributed by atoms with Crippen molar-refractivity contribution < 1.29 is 34.2 Å². The number of aliphatic carboxylic acids is 2. The molecule has 0 aromatic heterocycles. The van der Waals surface area contributed by atoms with Crippen LogP contribution in [-0.4, -0.2) is 76.0 Å². The van der Waals surface area contributed by atoms with E-state index in [-0.39, 0.29) is 19.0 Å². The van der Waals surface area contributed by atoms with Crippen LogP contribution in [0.2, 0.25) is 0 Å². The summed E-state index contributed by atoms with van der Waals surface area (Å²) in [6, 6.07) is -3.25. The van der Waals surface area contributed by atoms with Crippen LogP contribution in [0.5, 0.6) is 0 Å². The van der Waals surface area contributed by atoms with Crippen LogP contribution in [0.15, 0.2) is 0 Å². The van der Waals surface area contributed by atoms with Crippen molar-refractivity contribution in [3.8, 4) is 0 Å². The van der Waals surface area contributed by atoms with Crippen molar-refractivity contribution in [1.29, 1.82) is 0 Å². The summed E-state index contributed by atoms with van der Waals surface area (Å²) < 4.78 is 0. The number of hydrogen-bond donors (Lipinski definition) is 5. The molecule has 3 amide bonds. The lowest BCUT2D eigenvalue weighted by atomic mass is 9.99. The minimum atomic E-state index is -1.59. The van der Waals surface area contributed by atoms with Gasteiger partial charge in [-0.05, 0) is 18.8 Å². The predicted octanol–water partition coefficient (Wildman–Crippen LogP) is -1.49. The summed E-state index contributed by atoms with van der Waals surface area (Å²) in [5.74, 6) is -4.59. The molecule has 1 rings (SSSR count). The average Bonchev–Trinajstić information content (AvgIpc) is 3.13. The molecule has 0 aliphatic carbocycles. The van der Waals surface area contributed by atoms with Crippen LogP contribution in [0.4, 0.5) is 0 Å². The van der Waals surface area contributed by atoms with Gasteiger partial charge in [0.2, 0.25) is 17.7 Å². The van der Waals surface area contributed by atoms with E-state index in [4.69, 9.17) is 15.9 Å². The standard InChI is InChI=1S/C17H28N4O7/c1-3-9(2)14(18)16(26)19-8-12(22)21-6-4-5-11(21)15(25)20-10(17(27)28)7-13(23)24/h9-11,14H,3-8,18H2,1-2H3,(H,19,26)(H,20,25)(H,23,24)(H,27,28). The van der Waals surface area contributed by atoms with E-state index in [1.54, 1.807) is 0 Å². The first-order chi connectivity index (χ1) is 13.1. The molecule has 0 aromatic rings. The average molecular weight is 400 g/mol. The van der Waals surface area contributed by atoms with Crippen LogP contribution in [0.3, 0.4) is 0 Å². The van der Waals surface area contributed by atoms with Crippen molar-refractivity contribution in [2.75, 3.05) is 13.1 Å². The number of likely N-dealkylation sites (tertiary alicyclic amines) is 1. The highest BCUT2D eigenvalue weighted by Gasteiger charge is 2.36. The lowest BCUT2D eigenvalue weighted by Crippen LogP contribution is -2.53. The number of nitrogens with zero attached hydrogens (tertiary/aromatic N) is 1. The van der Waals surface area contributed by atoms with Crippen molar-refractivity contribution in [2.24, 2.45) is 11.7 Å². The maximum absolute atomic E-state index is 12.4. The molecule has 0 aromatic carbocycles. The lowest BCUT2D eigenvalue weighted by molar-refractivity contribution is -0.148. The minimum absolute atomic E-state index is 0.0531. The van der Waals surface area contributed by atoms with E-state index in [1.807, 2.05) is 13.8 Å². The van der Waals surface area contributed by atoms with Gasteiger partial charge < -0.3 is 31.5 Å². The normalized spacial score (nSPS) is 19.4. The van der Waals surface area contributed by atoms with E-state index in [0.29, 0.717) is 19.3 Å². The first-order valence-corrected chi connectivity index (χ1v) is 9.16. The Balaban J connectivity index is 2.66. The number of carbonyl (C=O) groups excluding carboxylic acids is 3. The van der Waals surface area contributed by atoms with Crippen molar-refractivity contribution in [3.05, 3.63) is 0 Å². The minimum Gasteiger partial charge on any atom is -0.481 e. The zero-order chi connectivity index (χ0) is 21.4. The topological polar surface area (TPSA) is 179 Å². The molecule has 158 valence electrons. The van der Waals surface area contributed by atoms with Gasteiger partial charge in [-0.25, -0.2) is 4.79 Å². The van der Waals surface area contributed by atoms with Gasteiger partial charge in [-0.15, -0.1) is 0 Å². The van der Waals surface area contributed by atoms with Crippen LogP contribution in [0, 0.1) is 5.92 Å². The Kier molecular flexibility index (Phi) is 8.83. The van der Waals surface area contributed by atoms with Crippen molar-refractivity contribution >= 4 is 29.7 Å². The number of nitrogens with one attached hydrogen (secondary N) is 2. The molecule has 1 aliphatic heterocycles. The van der Waals surface area contributed by atoms with Crippen LogP contribution in [0.25, 0.3) is 0 Å². The third kappa shape index (κ3) is 6.48. The Bertz CT molecular complexity index is 625. The second-order valence-corrected chi connectivity index (χ2v) is 6.87. The van der Waals surface area contributed by atoms with Gasteiger partial charge in [0, 0.05) is 6.54 Å². The Morgan fingerprint density at radius 2 is 1.86 bits per heavy atom. The van der Waals surface area contributed by atoms with Crippen molar-refractivity contribution in [1.82, 2.24) is 15.5 Å². The fraction of sp³-hybridized carbons (Fsp3) is 0.706. The molecule has 11 nitrogen and oxygen atoms in total. The highest BCUT2D eigenvalue weighted by atomic mass is 16.4. The summed E-state index contributed by atoms with van der Waals surface area (Å²) in [7, 11) is 0. The molecule has 0 radical (unpaired) electrons. The summed E-state index contributed by atoms with van der Waals surface area (Å²) in [6.45, 7) is 3.67. The molecule has 4 atom stereocenters. The third-order valence-corrected chi connectivity index (χ3v) is 4.84. The molecule has 0 spiro atoms. The van der Waals surface area contributed by atoms with Gasteiger partial charge in [0.05, 0.1) is 19.0 Å². The van der Waals surface area contributed by atoms with E-state index in [2.05, 4.69) is 10.6 Å². The summed E-state index contributed by atoms with van der Waals surface area (Å²) in [4.78, 5) is 59.9. The Labute approximate surface area is 162 Å². The molecule has 28 heavy (non-hydrogen) atoms.